The van der Waals surface area contributed by atoms with Crippen molar-refractivity contribution in [2.24, 2.45) is 5.41 Å². The van der Waals surface area contributed by atoms with E-state index < -0.39 is 0 Å². The maximum atomic E-state index is 13.1. The zero-order chi connectivity index (χ0) is 13.5. The number of aryl methyl sites for hydroxylation is 1. The fraction of sp³-hybridized carbons (Fsp3) is 0.562. The highest BCUT2D eigenvalue weighted by Crippen LogP contribution is 2.50. The molecule has 2 fully saturated rings. The lowest BCUT2D eigenvalue weighted by Gasteiger charge is -2.49. The second-order valence-corrected chi connectivity index (χ2v) is 5.86. The van der Waals surface area contributed by atoms with Crippen LogP contribution in [0.3, 0.4) is 0 Å². The molecule has 3 rings (SSSR count). The average molecular weight is 262 g/mol. The minimum atomic E-state index is -0.248. The number of carbonyl (C=O) groups is 1. The third-order valence-corrected chi connectivity index (χ3v) is 4.69. The largest absolute Gasteiger partial charge is 0.489 e. The molecule has 0 bridgehead atoms. The van der Waals surface area contributed by atoms with Gasteiger partial charge in [-0.15, -0.1) is 0 Å². The van der Waals surface area contributed by atoms with Crippen molar-refractivity contribution < 1.29 is 13.9 Å². The number of ketones is 1. The van der Waals surface area contributed by atoms with Gasteiger partial charge in [-0.05, 0) is 43.5 Å². The lowest BCUT2D eigenvalue weighted by atomic mass is 9.57. The lowest BCUT2D eigenvalue weighted by molar-refractivity contribution is -0.156. The number of hydrogen-bond acceptors (Lipinski definition) is 2. The van der Waals surface area contributed by atoms with Gasteiger partial charge in [0.2, 0.25) is 0 Å². The van der Waals surface area contributed by atoms with Gasteiger partial charge in [-0.3, -0.25) is 4.79 Å². The van der Waals surface area contributed by atoms with Crippen LogP contribution in [0.4, 0.5) is 4.39 Å². The van der Waals surface area contributed by atoms with Crippen molar-refractivity contribution in [3.8, 4) is 5.75 Å². The average Bonchev–Trinajstić information content (AvgIpc) is 2.42. The van der Waals surface area contributed by atoms with E-state index in [0.29, 0.717) is 18.0 Å². The quantitative estimate of drug-likeness (QED) is 0.810. The summed E-state index contributed by atoms with van der Waals surface area (Å²) in [6.07, 6.45) is 5.87. The van der Waals surface area contributed by atoms with Crippen molar-refractivity contribution in [2.45, 2.75) is 51.6 Å². The summed E-state index contributed by atoms with van der Waals surface area (Å²) in [4.78, 5) is 12.0. The molecule has 0 amide bonds. The van der Waals surface area contributed by atoms with E-state index in [0.717, 1.165) is 31.2 Å². The van der Waals surface area contributed by atoms with Crippen LogP contribution in [0.15, 0.2) is 18.2 Å². The third-order valence-electron chi connectivity index (χ3n) is 4.69. The summed E-state index contributed by atoms with van der Waals surface area (Å²) in [5.41, 5.74) is 0.560. The Morgan fingerprint density at radius 2 is 2.00 bits per heavy atom. The topological polar surface area (TPSA) is 26.3 Å². The molecule has 0 radical (unpaired) electrons. The maximum Gasteiger partial charge on any atom is 0.146 e. The van der Waals surface area contributed by atoms with E-state index in [4.69, 9.17) is 4.74 Å². The van der Waals surface area contributed by atoms with Crippen LogP contribution in [-0.4, -0.2) is 11.9 Å². The summed E-state index contributed by atoms with van der Waals surface area (Å²) in [5.74, 6) is 0.822. The van der Waals surface area contributed by atoms with Crippen LogP contribution in [-0.2, 0) is 4.79 Å². The molecule has 1 unspecified atom stereocenters. The first-order chi connectivity index (χ1) is 9.12. The van der Waals surface area contributed by atoms with Crippen LogP contribution in [0, 0.1) is 18.2 Å². The second-order valence-electron chi connectivity index (χ2n) is 5.86. The van der Waals surface area contributed by atoms with Crippen molar-refractivity contribution >= 4 is 5.78 Å². The molecule has 102 valence electrons. The molecular weight excluding hydrogens is 243 g/mol. The number of hydrogen-bond donors (Lipinski definition) is 0. The minimum Gasteiger partial charge on any atom is -0.489 e. The number of benzene rings is 1. The second kappa shape index (κ2) is 4.62. The summed E-state index contributed by atoms with van der Waals surface area (Å²) in [7, 11) is 0. The Kier molecular flexibility index (Phi) is 3.08. The van der Waals surface area contributed by atoms with Crippen LogP contribution >= 0.6 is 0 Å². The van der Waals surface area contributed by atoms with Crippen molar-refractivity contribution in [1.29, 1.82) is 0 Å². The summed E-state index contributed by atoms with van der Waals surface area (Å²) >= 11 is 0. The van der Waals surface area contributed by atoms with E-state index in [2.05, 4.69) is 0 Å². The Bertz CT molecular complexity index is 503. The summed E-state index contributed by atoms with van der Waals surface area (Å²) in [6, 6.07) is 4.56. The van der Waals surface area contributed by atoms with Gasteiger partial charge in [-0.1, -0.05) is 19.3 Å². The lowest BCUT2D eigenvalue weighted by Crippen LogP contribution is -2.57. The van der Waals surface area contributed by atoms with Gasteiger partial charge in [0.1, 0.15) is 23.5 Å². The van der Waals surface area contributed by atoms with Gasteiger partial charge in [0, 0.05) is 6.42 Å². The molecule has 0 aliphatic heterocycles. The molecule has 1 spiro atoms. The summed E-state index contributed by atoms with van der Waals surface area (Å²) in [6.45, 7) is 1.84. The Balaban J connectivity index is 1.78. The monoisotopic (exact) mass is 262 g/mol. The fourth-order valence-corrected chi connectivity index (χ4v) is 3.45. The van der Waals surface area contributed by atoms with E-state index in [-0.39, 0.29) is 17.3 Å². The van der Waals surface area contributed by atoms with Crippen LogP contribution in [0.1, 0.15) is 44.1 Å². The number of halogens is 1. The van der Waals surface area contributed by atoms with Crippen LogP contribution in [0.5, 0.6) is 5.75 Å². The highest BCUT2D eigenvalue weighted by molar-refractivity contribution is 5.92. The van der Waals surface area contributed by atoms with Crippen molar-refractivity contribution in [3.05, 3.63) is 29.6 Å². The molecule has 2 saturated carbocycles. The Morgan fingerprint density at radius 1 is 1.26 bits per heavy atom. The fourth-order valence-electron chi connectivity index (χ4n) is 3.45. The van der Waals surface area contributed by atoms with E-state index in [9.17, 15) is 9.18 Å². The van der Waals surface area contributed by atoms with Crippen molar-refractivity contribution in [3.63, 3.8) is 0 Å². The molecule has 2 aliphatic carbocycles. The Morgan fingerprint density at radius 3 is 2.63 bits per heavy atom. The predicted molar refractivity (Wildman–Crippen MR) is 70.7 cm³/mol. The Hall–Kier alpha value is -1.38. The number of Topliss-reactive ketones (excluding diaryl/α,β-unsaturated/α-hetero) is 1. The van der Waals surface area contributed by atoms with Gasteiger partial charge in [0.05, 0.1) is 5.41 Å². The van der Waals surface area contributed by atoms with E-state index >= 15 is 0 Å². The highest BCUT2D eigenvalue weighted by atomic mass is 19.1. The van der Waals surface area contributed by atoms with Crippen LogP contribution in [0.2, 0.25) is 0 Å². The molecule has 1 atom stereocenters. The molecule has 0 heterocycles. The summed E-state index contributed by atoms with van der Waals surface area (Å²) in [5, 5.41) is 0. The van der Waals surface area contributed by atoms with Gasteiger partial charge in [-0.2, -0.15) is 0 Å². The molecule has 2 aliphatic rings. The highest BCUT2D eigenvalue weighted by Gasteiger charge is 2.56. The number of rotatable bonds is 2. The first kappa shape index (κ1) is 12.6. The number of carbonyl (C=O) groups excluding carboxylic acids is 1. The molecular formula is C16H19FO2. The molecule has 0 saturated heterocycles. The summed E-state index contributed by atoms with van der Waals surface area (Å²) < 4.78 is 19.1. The molecule has 1 aromatic rings. The molecule has 19 heavy (non-hydrogen) atoms. The molecule has 0 aromatic heterocycles. The van der Waals surface area contributed by atoms with E-state index in [1.165, 1.54) is 18.6 Å². The predicted octanol–water partition coefficient (Wildman–Crippen LogP) is 3.80. The first-order valence-electron chi connectivity index (χ1n) is 7.08. The normalized spacial score (nSPS) is 25.2. The minimum absolute atomic E-state index is 0.00976. The SMILES string of the molecule is Cc1cc(F)ccc1OC1CC(=O)C12CCCCC2. The Labute approximate surface area is 113 Å². The standard InChI is InChI=1S/C16H19FO2/c1-11-9-12(17)5-6-13(11)19-15-10-14(18)16(15)7-3-2-4-8-16/h5-6,9,15H,2-4,7-8,10H2,1H3. The first-order valence-corrected chi connectivity index (χ1v) is 7.08. The third kappa shape index (κ3) is 2.05. The molecule has 2 nitrogen and oxygen atoms in total. The molecule has 1 aromatic carbocycles. The van der Waals surface area contributed by atoms with Crippen LogP contribution in [0.25, 0.3) is 0 Å². The zero-order valence-corrected chi connectivity index (χ0v) is 11.2. The van der Waals surface area contributed by atoms with Crippen molar-refractivity contribution in [2.75, 3.05) is 0 Å². The van der Waals surface area contributed by atoms with Crippen molar-refractivity contribution in [1.82, 2.24) is 0 Å². The van der Waals surface area contributed by atoms with Crippen LogP contribution < -0.4 is 4.74 Å². The smallest absolute Gasteiger partial charge is 0.146 e. The van der Waals surface area contributed by atoms with Gasteiger partial charge in [0.25, 0.3) is 0 Å². The van der Waals surface area contributed by atoms with Gasteiger partial charge in [0.15, 0.2) is 0 Å². The van der Waals surface area contributed by atoms with Gasteiger partial charge in [-0.25, -0.2) is 4.39 Å². The van der Waals surface area contributed by atoms with E-state index in [1.807, 2.05) is 6.92 Å². The zero-order valence-electron chi connectivity index (χ0n) is 11.2. The number of ether oxygens (including phenoxy) is 1. The molecule has 3 heteroatoms. The van der Waals surface area contributed by atoms with E-state index in [1.54, 1.807) is 6.07 Å². The van der Waals surface area contributed by atoms with Gasteiger partial charge < -0.3 is 4.74 Å². The van der Waals surface area contributed by atoms with Gasteiger partial charge >= 0.3 is 0 Å². The maximum absolute atomic E-state index is 13.1. The molecule has 0 N–H and O–H groups in total.